The van der Waals surface area contributed by atoms with Gasteiger partial charge in [-0.15, -0.1) is 0 Å². The van der Waals surface area contributed by atoms with E-state index in [-0.39, 0.29) is 18.9 Å². The van der Waals surface area contributed by atoms with Crippen LogP contribution in [0.4, 0.5) is 5.69 Å². The van der Waals surface area contributed by atoms with Crippen LogP contribution in [0.2, 0.25) is 0 Å². The van der Waals surface area contributed by atoms with Crippen molar-refractivity contribution >= 4 is 29.8 Å². The quantitative estimate of drug-likeness (QED) is 0.233. The smallest absolute Gasteiger partial charge is 0.246 e. The molecule has 0 aromatic heterocycles. The molecule has 29 heavy (non-hydrogen) atoms. The number of anilines is 1. The van der Waals surface area contributed by atoms with Gasteiger partial charge in [-0.05, 0) is 38.5 Å². The molecule has 0 spiro atoms. The highest BCUT2D eigenvalue weighted by molar-refractivity contribution is 5.98. The Hall–Kier alpha value is -3.36. The van der Waals surface area contributed by atoms with Crippen molar-refractivity contribution in [2.45, 2.75) is 45.9 Å². The molecule has 0 aliphatic heterocycles. The van der Waals surface area contributed by atoms with E-state index >= 15 is 0 Å². The van der Waals surface area contributed by atoms with E-state index in [2.05, 4.69) is 27.8 Å². The van der Waals surface area contributed by atoms with Crippen molar-refractivity contribution in [3.8, 4) is 0 Å². The van der Waals surface area contributed by atoms with Gasteiger partial charge in [-0.25, -0.2) is 0 Å². The van der Waals surface area contributed by atoms with Gasteiger partial charge >= 0.3 is 0 Å². The zero-order chi connectivity index (χ0) is 21.8. The average molecular weight is 404 g/mol. The van der Waals surface area contributed by atoms with Crippen LogP contribution in [-0.4, -0.2) is 42.8 Å². The molecule has 4 N–H and O–H groups in total. The van der Waals surface area contributed by atoms with Crippen LogP contribution in [0.5, 0.6) is 0 Å². The molecule has 0 bridgehead atoms. The minimum absolute atomic E-state index is 0.0554. The van der Waals surface area contributed by atoms with Gasteiger partial charge in [0.15, 0.2) is 0 Å². The van der Waals surface area contributed by atoms with Crippen molar-refractivity contribution in [1.29, 1.82) is 0 Å². The van der Waals surface area contributed by atoms with Gasteiger partial charge in [0.05, 0.1) is 5.76 Å². The van der Waals surface area contributed by atoms with Crippen LogP contribution in [0, 0.1) is 0 Å². The fourth-order valence-electron chi connectivity index (χ4n) is 2.17. The molecule has 0 saturated carbocycles. The molecule has 0 aliphatic carbocycles. The highest BCUT2D eigenvalue weighted by atomic mass is 16.5. The Morgan fingerprint density at radius 1 is 1.07 bits per heavy atom. The fraction of sp³-hybridized carbons (Fsp3) is 0.400. The summed E-state index contributed by atoms with van der Waals surface area (Å²) in [4.78, 5) is 46.2. The summed E-state index contributed by atoms with van der Waals surface area (Å²) in [7, 11) is 0. The molecule has 0 fully saturated rings. The summed E-state index contributed by atoms with van der Waals surface area (Å²) in [6, 6.07) is 5.49. The average Bonchev–Trinajstić information content (AvgIpc) is 2.67. The first-order valence-corrected chi connectivity index (χ1v) is 9.17. The third-order valence-electron chi connectivity index (χ3n) is 3.81. The number of amides is 4. The first kappa shape index (κ1) is 23.7. The van der Waals surface area contributed by atoms with Crippen molar-refractivity contribution in [2.24, 2.45) is 0 Å². The van der Waals surface area contributed by atoms with Gasteiger partial charge in [-0.3, -0.25) is 19.2 Å². The number of benzene rings is 1. The Balaban J connectivity index is 2.46. The number of hydrogen-bond donors (Lipinski definition) is 4. The highest BCUT2D eigenvalue weighted by Gasteiger charge is 2.21. The van der Waals surface area contributed by atoms with Crippen LogP contribution in [0.15, 0.2) is 36.6 Å². The summed E-state index contributed by atoms with van der Waals surface area (Å²) >= 11 is 0. The largest absolute Gasteiger partial charge is 0.494 e. The normalized spacial score (nSPS) is 12.1. The van der Waals surface area contributed by atoms with Crippen molar-refractivity contribution in [3.63, 3.8) is 0 Å². The van der Waals surface area contributed by atoms with Crippen molar-refractivity contribution < 1.29 is 23.9 Å². The molecule has 1 aromatic rings. The number of nitrogens with one attached hydrogen (secondary N) is 4. The number of carbonyl (C=O) groups excluding carboxylic acids is 4. The number of hydrogen-bond acceptors (Lipinski definition) is 5. The predicted octanol–water partition coefficient (Wildman–Crippen LogP) is 0.821. The molecule has 1 aromatic carbocycles. The molecule has 9 heteroatoms. The molecular formula is C20H28N4O5. The first-order valence-electron chi connectivity index (χ1n) is 9.17. The second-order valence-electron chi connectivity index (χ2n) is 6.52. The summed E-state index contributed by atoms with van der Waals surface area (Å²) in [5.74, 6) is -0.639. The summed E-state index contributed by atoms with van der Waals surface area (Å²) in [5, 5.41) is 10.1. The predicted molar refractivity (Wildman–Crippen MR) is 109 cm³/mol. The Morgan fingerprint density at radius 2 is 1.69 bits per heavy atom. The van der Waals surface area contributed by atoms with Crippen molar-refractivity contribution in [1.82, 2.24) is 16.0 Å². The molecule has 1 rings (SSSR count). The highest BCUT2D eigenvalue weighted by Crippen LogP contribution is 2.12. The molecule has 0 unspecified atom stereocenters. The monoisotopic (exact) mass is 404 g/mol. The van der Waals surface area contributed by atoms with Gasteiger partial charge in [-0.1, -0.05) is 18.7 Å². The minimum Gasteiger partial charge on any atom is -0.494 e. The maximum absolute atomic E-state index is 12.3. The van der Waals surface area contributed by atoms with E-state index in [0.717, 1.165) is 5.56 Å². The number of carbonyl (C=O) groups is 4. The first-order chi connectivity index (χ1) is 13.7. The van der Waals surface area contributed by atoms with E-state index in [1.165, 1.54) is 6.92 Å². The molecule has 2 atom stereocenters. The SMILES string of the molecule is C=C(C)OCc1ccc(NC(=O)[C@H](C)NC(=O)[C@H](C)NC(=O)CCNC=O)cc1. The summed E-state index contributed by atoms with van der Waals surface area (Å²) in [6.45, 7) is 9.06. The maximum atomic E-state index is 12.3. The van der Waals surface area contributed by atoms with E-state index < -0.39 is 23.9 Å². The molecule has 4 amide bonds. The lowest BCUT2D eigenvalue weighted by molar-refractivity contribution is -0.130. The molecule has 0 aliphatic rings. The zero-order valence-corrected chi connectivity index (χ0v) is 16.9. The fourth-order valence-corrected chi connectivity index (χ4v) is 2.17. The van der Waals surface area contributed by atoms with Crippen LogP contribution >= 0.6 is 0 Å². The van der Waals surface area contributed by atoms with Crippen molar-refractivity contribution in [3.05, 3.63) is 42.2 Å². The molecule has 9 nitrogen and oxygen atoms in total. The summed E-state index contributed by atoms with van der Waals surface area (Å²) in [5.41, 5.74) is 1.51. The molecule has 0 heterocycles. The second-order valence-corrected chi connectivity index (χ2v) is 6.52. The number of rotatable bonds is 12. The Kier molecular flexibility index (Phi) is 9.94. The minimum atomic E-state index is -0.818. The van der Waals surface area contributed by atoms with Crippen LogP contribution in [0.25, 0.3) is 0 Å². The molecule has 0 radical (unpaired) electrons. The Bertz CT molecular complexity index is 733. The molecule has 158 valence electrons. The van der Waals surface area contributed by atoms with E-state index in [1.807, 2.05) is 12.1 Å². The van der Waals surface area contributed by atoms with Crippen LogP contribution in [0.1, 0.15) is 32.8 Å². The zero-order valence-electron chi connectivity index (χ0n) is 16.9. The lowest BCUT2D eigenvalue weighted by atomic mass is 10.2. The van der Waals surface area contributed by atoms with E-state index in [1.54, 1.807) is 26.0 Å². The van der Waals surface area contributed by atoms with Crippen LogP contribution in [0.3, 0.4) is 0 Å². The van der Waals surface area contributed by atoms with E-state index in [4.69, 9.17) is 4.74 Å². The topological polar surface area (TPSA) is 126 Å². The lowest BCUT2D eigenvalue weighted by Crippen LogP contribution is -2.50. The van der Waals surface area contributed by atoms with E-state index in [0.29, 0.717) is 24.5 Å². The third-order valence-corrected chi connectivity index (χ3v) is 3.81. The van der Waals surface area contributed by atoms with E-state index in [9.17, 15) is 19.2 Å². The van der Waals surface area contributed by atoms with Gasteiger partial charge in [0, 0.05) is 18.7 Å². The molecule has 0 saturated heterocycles. The van der Waals surface area contributed by atoms with Crippen molar-refractivity contribution in [2.75, 3.05) is 11.9 Å². The van der Waals surface area contributed by atoms with Gasteiger partial charge in [0.25, 0.3) is 0 Å². The Morgan fingerprint density at radius 3 is 2.28 bits per heavy atom. The second kappa shape index (κ2) is 12.2. The third kappa shape index (κ3) is 9.41. The van der Waals surface area contributed by atoms with Gasteiger partial charge in [-0.2, -0.15) is 0 Å². The van der Waals surface area contributed by atoms with Gasteiger partial charge in [0.2, 0.25) is 24.1 Å². The number of ether oxygens (including phenoxy) is 1. The maximum Gasteiger partial charge on any atom is 0.246 e. The van der Waals surface area contributed by atoms with Crippen LogP contribution in [-0.2, 0) is 30.5 Å². The lowest BCUT2D eigenvalue weighted by Gasteiger charge is -2.18. The summed E-state index contributed by atoms with van der Waals surface area (Å²) in [6.07, 6.45) is 0.549. The molecular weight excluding hydrogens is 376 g/mol. The van der Waals surface area contributed by atoms with Crippen LogP contribution < -0.4 is 21.3 Å². The standard InChI is InChI=1S/C20H28N4O5/c1-13(2)29-11-16-5-7-17(8-6-16)24-20(28)15(4)23-19(27)14(3)22-18(26)9-10-21-12-25/h5-8,12,14-15H,1,9-11H2,2-4H3,(H,21,25)(H,22,26)(H,23,27)(H,24,28)/t14-,15-/m0/s1. The Labute approximate surface area is 170 Å². The summed E-state index contributed by atoms with van der Waals surface area (Å²) < 4.78 is 5.33. The van der Waals surface area contributed by atoms with Gasteiger partial charge in [0.1, 0.15) is 18.7 Å². The number of allylic oxidation sites excluding steroid dienone is 1. The van der Waals surface area contributed by atoms with Gasteiger partial charge < -0.3 is 26.0 Å².